The van der Waals surface area contributed by atoms with Gasteiger partial charge in [-0.05, 0) is 48.6 Å². The second-order valence-corrected chi connectivity index (χ2v) is 8.79. The summed E-state index contributed by atoms with van der Waals surface area (Å²) in [6.45, 7) is 0.762. The molecule has 0 saturated heterocycles. The summed E-state index contributed by atoms with van der Waals surface area (Å²) in [4.78, 5) is 31.3. The van der Waals surface area contributed by atoms with Crippen LogP contribution in [0.15, 0.2) is 58.4 Å². The van der Waals surface area contributed by atoms with E-state index in [-0.39, 0.29) is 5.56 Å². The summed E-state index contributed by atoms with van der Waals surface area (Å²) in [7, 11) is 1.57. The van der Waals surface area contributed by atoms with Crippen molar-refractivity contribution in [3.8, 4) is 11.4 Å². The Labute approximate surface area is 193 Å². The first-order valence-electron chi connectivity index (χ1n) is 10.3. The summed E-state index contributed by atoms with van der Waals surface area (Å²) in [6.07, 6.45) is 3.61. The number of ether oxygens (including phenoxy) is 1. The van der Waals surface area contributed by atoms with E-state index in [1.165, 1.54) is 9.13 Å². The largest absolute Gasteiger partial charge is 0.497 e. The number of aromatic nitrogens is 4. The van der Waals surface area contributed by atoms with Crippen molar-refractivity contribution in [2.75, 3.05) is 7.11 Å². The lowest BCUT2D eigenvalue weighted by Gasteiger charge is -2.13. The van der Waals surface area contributed by atoms with Crippen molar-refractivity contribution < 1.29 is 4.74 Å². The predicted molar refractivity (Wildman–Crippen MR) is 124 cm³/mol. The normalized spacial score (nSPS) is 13.6. The fourth-order valence-electron chi connectivity index (χ4n) is 3.84. The molecule has 164 valence electrons. The van der Waals surface area contributed by atoms with E-state index in [1.54, 1.807) is 54.4 Å². The van der Waals surface area contributed by atoms with E-state index in [0.29, 0.717) is 51.7 Å². The minimum Gasteiger partial charge on any atom is -0.497 e. The highest BCUT2D eigenvalue weighted by Gasteiger charge is 2.26. The van der Waals surface area contributed by atoms with Crippen LogP contribution in [0, 0.1) is 5.92 Å². The Morgan fingerprint density at radius 3 is 2.62 bits per heavy atom. The maximum absolute atomic E-state index is 13.4. The van der Waals surface area contributed by atoms with Gasteiger partial charge < -0.3 is 9.30 Å². The number of benzene rings is 2. The molecule has 1 fully saturated rings. The van der Waals surface area contributed by atoms with Gasteiger partial charge in [-0.3, -0.25) is 9.36 Å². The van der Waals surface area contributed by atoms with Crippen molar-refractivity contribution in [3.05, 3.63) is 85.2 Å². The fraction of sp³-hybridized carbons (Fsp3) is 0.261. The molecular weight excluding hydrogens is 451 g/mol. The molecule has 2 aromatic heterocycles. The second kappa shape index (κ2) is 8.15. The van der Waals surface area contributed by atoms with E-state index < -0.39 is 5.69 Å². The van der Waals surface area contributed by atoms with Gasteiger partial charge in [-0.1, -0.05) is 35.3 Å². The molecule has 2 heterocycles. The zero-order chi connectivity index (χ0) is 22.4. The van der Waals surface area contributed by atoms with Crippen molar-refractivity contribution in [1.29, 1.82) is 0 Å². The molecular formula is C23H20Cl2N4O3. The molecule has 0 bridgehead atoms. The van der Waals surface area contributed by atoms with Gasteiger partial charge in [0.05, 0.1) is 29.2 Å². The quantitative estimate of drug-likeness (QED) is 0.424. The predicted octanol–water partition coefficient (Wildman–Crippen LogP) is 4.12. The lowest BCUT2D eigenvalue weighted by atomic mass is 10.2. The Morgan fingerprint density at radius 1 is 1.09 bits per heavy atom. The van der Waals surface area contributed by atoms with Crippen LogP contribution in [-0.2, 0) is 13.1 Å². The summed E-state index contributed by atoms with van der Waals surface area (Å²) in [5.41, 5.74) is 1.38. The highest BCUT2D eigenvalue weighted by molar-refractivity contribution is 6.42. The van der Waals surface area contributed by atoms with Crippen LogP contribution < -0.4 is 16.0 Å². The molecule has 0 atom stereocenters. The smallest absolute Gasteiger partial charge is 0.337 e. The second-order valence-electron chi connectivity index (χ2n) is 7.97. The highest BCUT2D eigenvalue weighted by atomic mass is 35.5. The molecule has 7 nitrogen and oxygen atoms in total. The molecule has 0 unspecified atom stereocenters. The third kappa shape index (κ3) is 3.72. The van der Waals surface area contributed by atoms with E-state index in [9.17, 15) is 9.59 Å². The average Bonchev–Trinajstić information content (AvgIpc) is 3.52. The molecule has 1 aliphatic carbocycles. The molecule has 0 N–H and O–H groups in total. The molecule has 2 aromatic carbocycles. The van der Waals surface area contributed by atoms with Crippen LogP contribution in [0.25, 0.3) is 16.9 Å². The maximum atomic E-state index is 13.4. The van der Waals surface area contributed by atoms with Gasteiger partial charge in [-0.15, -0.1) is 0 Å². The third-order valence-corrected chi connectivity index (χ3v) is 6.43. The summed E-state index contributed by atoms with van der Waals surface area (Å²) in [6, 6.07) is 12.5. The van der Waals surface area contributed by atoms with Crippen molar-refractivity contribution in [3.63, 3.8) is 0 Å². The van der Waals surface area contributed by atoms with Crippen LogP contribution in [0.1, 0.15) is 18.4 Å². The number of hydrogen-bond donors (Lipinski definition) is 0. The lowest BCUT2D eigenvalue weighted by molar-refractivity contribution is 0.414. The third-order valence-electron chi connectivity index (χ3n) is 5.69. The summed E-state index contributed by atoms with van der Waals surface area (Å²) in [5, 5.41) is 0.901. The molecule has 1 saturated carbocycles. The van der Waals surface area contributed by atoms with Crippen LogP contribution in [-0.4, -0.2) is 25.8 Å². The van der Waals surface area contributed by atoms with Crippen LogP contribution in [0.4, 0.5) is 0 Å². The molecule has 0 radical (unpaired) electrons. The molecule has 32 heavy (non-hydrogen) atoms. The molecule has 1 aliphatic rings. The Kier molecular flexibility index (Phi) is 5.31. The molecule has 0 spiro atoms. The monoisotopic (exact) mass is 470 g/mol. The SMILES string of the molecule is COc1cccc(-n2c(=O)n(CC3CC3)c(=O)c3c2ncn3Cc2ccc(Cl)c(Cl)c2)c1. The topological polar surface area (TPSA) is 71.1 Å². The fourth-order valence-corrected chi connectivity index (χ4v) is 4.16. The number of nitrogens with zero attached hydrogens (tertiary/aromatic N) is 4. The van der Waals surface area contributed by atoms with Crippen molar-refractivity contribution in [1.82, 2.24) is 18.7 Å². The van der Waals surface area contributed by atoms with E-state index in [2.05, 4.69) is 4.98 Å². The number of imidazole rings is 1. The Morgan fingerprint density at radius 2 is 1.91 bits per heavy atom. The van der Waals surface area contributed by atoms with Gasteiger partial charge in [0.25, 0.3) is 5.56 Å². The van der Waals surface area contributed by atoms with E-state index in [4.69, 9.17) is 27.9 Å². The lowest BCUT2D eigenvalue weighted by Crippen LogP contribution is -2.40. The van der Waals surface area contributed by atoms with Gasteiger partial charge in [0.2, 0.25) is 0 Å². The van der Waals surface area contributed by atoms with Gasteiger partial charge in [-0.2, -0.15) is 0 Å². The van der Waals surface area contributed by atoms with Crippen molar-refractivity contribution in [2.24, 2.45) is 5.92 Å². The van der Waals surface area contributed by atoms with E-state index >= 15 is 0 Å². The van der Waals surface area contributed by atoms with E-state index in [0.717, 1.165) is 18.4 Å². The van der Waals surface area contributed by atoms with Crippen LogP contribution in [0.3, 0.4) is 0 Å². The highest BCUT2D eigenvalue weighted by Crippen LogP contribution is 2.30. The van der Waals surface area contributed by atoms with Crippen LogP contribution in [0.2, 0.25) is 10.0 Å². The van der Waals surface area contributed by atoms with Crippen molar-refractivity contribution in [2.45, 2.75) is 25.9 Å². The van der Waals surface area contributed by atoms with Crippen molar-refractivity contribution >= 4 is 34.4 Å². The molecule has 9 heteroatoms. The average molecular weight is 471 g/mol. The Hall–Kier alpha value is -3.03. The van der Waals surface area contributed by atoms with Crippen LogP contribution in [0.5, 0.6) is 5.75 Å². The minimum atomic E-state index is -0.401. The van der Waals surface area contributed by atoms with Gasteiger partial charge in [0.1, 0.15) is 5.75 Å². The Bertz CT molecular complexity index is 1450. The maximum Gasteiger partial charge on any atom is 0.337 e. The first kappa shape index (κ1) is 20.8. The van der Waals surface area contributed by atoms with Gasteiger partial charge in [0, 0.05) is 19.2 Å². The standard InChI is InChI=1S/C23H20Cl2N4O3/c1-32-17-4-2-3-16(10-17)29-21-20(22(30)28(23(29)31)12-14-5-6-14)27(13-26-21)11-15-7-8-18(24)19(25)9-15/h2-4,7-10,13-14H,5-6,11-12H2,1H3. The minimum absolute atomic E-state index is 0.306. The first-order chi connectivity index (χ1) is 15.5. The number of rotatable bonds is 6. The number of fused-ring (bicyclic) bond motifs is 1. The molecule has 4 aromatic rings. The van der Waals surface area contributed by atoms with Gasteiger partial charge in [-0.25, -0.2) is 14.3 Å². The first-order valence-corrected chi connectivity index (χ1v) is 11.0. The zero-order valence-corrected chi connectivity index (χ0v) is 18.8. The van der Waals surface area contributed by atoms with Gasteiger partial charge in [0.15, 0.2) is 11.2 Å². The molecule has 0 amide bonds. The summed E-state index contributed by atoms with van der Waals surface area (Å²) in [5.74, 6) is 0.959. The number of hydrogen-bond acceptors (Lipinski definition) is 4. The Balaban J connectivity index is 1.73. The number of halogens is 2. The van der Waals surface area contributed by atoms with Gasteiger partial charge >= 0.3 is 5.69 Å². The van der Waals surface area contributed by atoms with Crippen LogP contribution >= 0.6 is 23.2 Å². The number of methoxy groups -OCH3 is 1. The van der Waals surface area contributed by atoms with E-state index in [1.807, 2.05) is 6.07 Å². The summed E-state index contributed by atoms with van der Waals surface area (Å²) >= 11 is 12.2. The molecule has 0 aliphatic heterocycles. The molecule has 5 rings (SSSR count). The summed E-state index contributed by atoms with van der Waals surface area (Å²) < 4.78 is 9.88. The zero-order valence-electron chi connectivity index (χ0n) is 17.3.